The van der Waals surface area contributed by atoms with Gasteiger partial charge in [-0.1, -0.05) is 11.6 Å². The minimum atomic E-state index is 0.231. The number of fused-ring (bicyclic) bond motifs is 1. The molecule has 1 aromatic carbocycles. The Morgan fingerprint density at radius 2 is 2.28 bits per heavy atom. The molecule has 18 heavy (non-hydrogen) atoms. The number of anilines is 1. The number of H-pyrrole nitrogens is 1. The number of aromatic nitrogens is 2. The second-order valence-corrected chi connectivity index (χ2v) is 5.76. The van der Waals surface area contributed by atoms with Gasteiger partial charge >= 0.3 is 0 Å². The molecule has 0 amide bonds. The molecule has 3 nitrogen and oxygen atoms in total. The van der Waals surface area contributed by atoms with Gasteiger partial charge in [-0.3, -0.25) is 5.10 Å². The smallest absolute Gasteiger partial charge is 0.0931 e. The molecule has 0 fully saturated rings. The largest absolute Gasteiger partial charge is 0.378 e. The molecule has 3 rings (SSSR count). The Bertz CT molecular complexity index is 673. The van der Waals surface area contributed by atoms with Crippen LogP contribution in [0.3, 0.4) is 0 Å². The molecule has 0 bridgehead atoms. The first-order valence-corrected chi connectivity index (χ1v) is 6.92. The number of nitrogens with one attached hydrogen (secondary N) is 2. The number of rotatable bonds is 3. The summed E-state index contributed by atoms with van der Waals surface area (Å²) in [6.07, 6.45) is 1.82. The van der Waals surface area contributed by atoms with Crippen LogP contribution in [0.4, 0.5) is 5.69 Å². The zero-order valence-corrected chi connectivity index (χ0v) is 11.3. The highest BCUT2D eigenvalue weighted by Gasteiger charge is 2.08. The quantitative estimate of drug-likeness (QED) is 0.742. The number of thiophene rings is 1. The van der Waals surface area contributed by atoms with Gasteiger partial charge in [0.2, 0.25) is 0 Å². The summed E-state index contributed by atoms with van der Waals surface area (Å²) in [4.78, 5) is 0. The minimum absolute atomic E-state index is 0.231. The maximum absolute atomic E-state index is 5.95. The average molecular weight is 278 g/mol. The van der Waals surface area contributed by atoms with E-state index >= 15 is 0 Å². The van der Waals surface area contributed by atoms with Gasteiger partial charge in [-0.2, -0.15) is 5.10 Å². The van der Waals surface area contributed by atoms with Crippen molar-refractivity contribution in [3.05, 3.63) is 45.7 Å². The third-order valence-corrected chi connectivity index (χ3v) is 4.02. The fourth-order valence-corrected chi connectivity index (χ4v) is 2.90. The van der Waals surface area contributed by atoms with E-state index in [-0.39, 0.29) is 6.04 Å². The van der Waals surface area contributed by atoms with Gasteiger partial charge in [0.15, 0.2) is 0 Å². The Hall–Kier alpha value is -1.52. The van der Waals surface area contributed by atoms with Crippen molar-refractivity contribution >= 4 is 39.5 Å². The molecule has 0 aliphatic heterocycles. The van der Waals surface area contributed by atoms with Gasteiger partial charge in [-0.15, -0.1) is 11.3 Å². The number of halogens is 1. The number of benzene rings is 1. The van der Waals surface area contributed by atoms with Gasteiger partial charge in [0.1, 0.15) is 0 Å². The molecule has 1 atom stereocenters. The first-order valence-electron chi connectivity index (χ1n) is 5.66. The van der Waals surface area contributed by atoms with Gasteiger partial charge in [0, 0.05) is 17.1 Å². The molecule has 0 saturated heterocycles. The molecule has 2 aromatic heterocycles. The van der Waals surface area contributed by atoms with E-state index in [1.165, 1.54) is 5.56 Å². The third kappa shape index (κ3) is 2.21. The predicted molar refractivity (Wildman–Crippen MR) is 77.5 cm³/mol. The van der Waals surface area contributed by atoms with Crippen molar-refractivity contribution in [1.82, 2.24) is 10.2 Å². The van der Waals surface area contributed by atoms with Crippen molar-refractivity contribution in [2.45, 2.75) is 13.0 Å². The normalized spacial score (nSPS) is 12.8. The molecule has 2 heterocycles. The van der Waals surface area contributed by atoms with E-state index in [0.29, 0.717) is 0 Å². The van der Waals surface area contributed by atoms with Crippen molar-refractivity contribution in [2.75, 3.05) is 5.32 Å². The fraction of sp³-hybridized carbons (Fsp3) is 0.154. The zero-order chi connectivity index (χ0) is 12.5. The molecule has 0 aliphatic carbocycles. The molecule has 2 N–H and O–H groups in total. The molecular formula is C13H12ClN3S. The van der Waals surface area contributed by atoms with E-state index in [1.54, 1.807) is 11.3 Å². The van der Waals surface area contributed by atoms with E-state index in [9.17, 15) is 0 Å². The van der Waals surface area contributed by atoms with Crippen LogP contribution in [0.25, 0.3) is 10.9 Å². The first kappa shape index (κ1) is 11.6. The van der Waals surface area contributed by atoms with Crippen LogP contribution in [0.15, 0.2) is 35.8 Å². The Labute approximate surface area is 114 Å². The Kier molecular flexibility index (Phi) is 2.97. The summed E-state index contributed by atoms with van der Waals surface area (Å²) in [5.41, 5.74) is 3.31. The lowest BCUT2D eigenvalue weighted by Gasteiger charge is -2.13. The van der Waals surface area contributed by atoms with Gasteiger partial charge in [0.05, 0.1) is 16.0 Å². The van der Waals surface area contributed by atoms with Crippen LogP contribution in [0, 0.1) is 0 Å². The van der Waals surface area contributed by atoms with Crippen LogP contribution in [-0.4, -0.2) is 10.2 Å². The summed E-state index contributed by atoms with van der Waals surface area (Å²) in [6.45, 7) is 2.12. The van der Waals surface area contributed by atoms with Crippen LogP contribution in [0.5, 0.6) is 0 Å². The summed E-state index contributed by atoms with van der Waals surface area (Å²) >= 11 is 7.50. The summed E-state index contributed by atoms with van der Waals surface area (Å²) in [5, 5.41) is 13.6. The van der Waals surface area contributed by atoms with Gasteiger partial charge < -0.3 is 5.32 Å². The average Bonchev–Trinajstić information content (AvgIpc) is 2.96. The number of nitrogens with zero attached hydrogens (tertiary/aromatic N) is 1. The summed E-state index contributed by atoms with van der Waals surface area (Å²) in [7, 11) is 0. The Morgan fingerprint density at radius 3 is 3.06 bits per heavy atom. The van der Waals surface area contributed by atoms with Crippen molar-refractivity contribution in [1.29, 1.82) is 0 Å². The highest BCUT2D eigenvalue weighted by Crippen LogP contribution is 2.27. The highest BCUT2D eigenvalue weighted by molar-refractivity contribution is 7.14. The lowest BCUT2D eigenvalue weighted by molar-refractivity contribution is 0.891. The minimum Gasteiger partial charge on any atom is -0.378 e. The first-order chi connectivity index (χ1) is 8.72. The van der Waals surface area contributed by atoms with Crippen molar-refractivity contribution in [2.24, 2.45) is 0 Å². The SMILES string of the molecule is CC(Nc1ccc2cn[nH]c2c1)c1csc(Cl)c1. The Morgan fingerprint density at radius 1 is 1.39 bits per heavy atom. The fourth-order valence-electron chi connectivity index (χ4n) is 1.91. The second-order valence-electron chi connectivity index (χ2n) is 4.22. The van der Waals surface area contributed by atoms with Crippen LogP contribution in [-0.2, 0) is 0 Å². The monoisotopic (exact) mass is 277 g/mol. The molecule has 5 heteroatoms. The lowest BCUT2D eigenvalue weighted by atomic mass is 10.1. The number of aromatic amines is 1. The molecule has 92 valence electrons. The lowest BCUT2D eigenvalue weighted by Crippen LogP contribution is -2.05. The van der Waals surface area contributed by atoms with E-state index in [0.717, 1.165) is 20.9 Å². The third-order valence-electron chi connectivity index (χ3n) is 2.91. The summed E-state index contributed by atoms with van der Waals surface area (Å²) in [6, 6.07) is 8.40. The van der Waals surface area contributed by atoms with Crippen LogP contribution in [0.2, 0.25) is 4.34 Å². The van der Waals surface area contributed by atoms with Gasteiger partial charge in [0.25, 0.3) is 0 Å². The van der Waals surface area contributed by atoms with E-state index < -0.39 is 0 Å². The van der Waals surface area contributed by atoms with Crippen LogP contribution < -0.4 is 5.32 Å². The van der Waals surface area contributed by atoms with E-state index in [2.05, 4.69) is 46.0 Å². The molecule has 0 aliphatic rings. The summed E-state index contributed by atoms with van der Waals surface area (Å²) in [5.74, 6) is 0. The number of hydrogen-bond acceptors (Lipinski definition) is 3. The van der Waals surface area contributed by atoms with E-state index in [4.69, 9.17) is 11.6 Å². The second kappa shape index (κ2) is 4.63. The zero-order valence-electron chi connectivity index (χ0n) is 9.77. The maximum atomic E-state index is 5.95. The molecule has 1 unspecified atom stereocenters. The topological polar surface area (TPSA) is 40.7 Å². The van der Waals surface area contributed by atoms with Crippen LogP contribution in [0.1, 0.15) is 18.5 Å². The molecule has 0 radical (unpaired) electrons. The summed E-state index contributed by atoms with van der Waals surface area (Å²) < 4.78 is 0.822. The highest BCUT2D eigenvalue weighted by atomic mass is 35.5. The van der Waals surface area contributed by atoms with Crippen LogP contribution >= 0.6 is 22.9 Å². The van der Waals surface area contributed by atoms with Crippen molar-refractivity contribution in [3.63, 3.8) is 0 Å². The standard InChI is InChI=1S/C13H12ClN3S/c1-8(10-4-13(14)18-7-10)16-11-3-2-9-6-15-17-12(9)5-11/h2-8,16H,1H3,(H,15,17). The van der Waals surface area contributed by atoms with E-state index in [1.807, 2.05) is 12.3 Å². The molecule has 0 saturated carbocycles. The maximum Gasteiger partial charge on any atom is 0.0931 e. The molecule has 0 spiro atoms. The van der Waals surface area contributed by atoms with Gasteiger partial charge in [-0.25, -0.2) is 0 Å². The van der Waals surface area contributed by atoms with Crippen molar-refractivity contribution < 1.29 is 0 Å². The van der Waals surface area contributed by atoms with Gasteiger partial charge in [-0.05, 0) is 42.1 Å². The van der Waals surface area contributed by atoms with Crippen molar-refractivity contribution in [3.8, 4) is 0 Å². The predicted octanol–water partition coefficient (Wildman–Crippen LogP) is 4.45. The molecular weight excluding hydrogens is 266 g/mol. The molecule has 3 aromatic rings. The number of hydrogen-bond donors (Lipinski definition) is 2. The Balaban J connectivity index is 1.83.